The Bertz CT molecular complexity index is 709. The van der Waals surface area contributed by atoms with E-state index >= 15 is 0 Å². The van der Waals surface area contributed by atoms with Crippen LogP contribution >= 0.6 is 0 Å². The molecule has 0 aromatic carbocycles. The quantitative estimate of drug-likeness (QED) is 0.857. The van der Waals surface area contributed by atoms with Gasteiger partial charge in [-0.05, 0) is 31.2 Å². The second kappa shape index (κ2) is 6.95. The van der Waals surface area contributed by atoms with Gasteiger partial charge in [0.2, 0.25) is 0 Å². The average Bonchev–Trinajstić information content (AvgIpc) is 3.30. The summed E-state index contributed by atoms with van der Waals surface area (Å²) >= 11 is 0. The summed E-state index contributed by atoms with van der Waals surface area (Å²) in [6.45, 7) is 2.04. The van der Waals surface area contributed by atoms with Gasteiger partial charge in [0, 0.05) is 38.9 Å². The molecule has 0 spiro atoms. The van der Waals surface area contributed by atoms with Crippen molar-refractivity contribution in [2.75, 3.05) is 20.2 Å². The van der Waals surface area contributed by atoms with Crippen molar-refractivity contribution in [2.45, 2.75) is 44.2 Å². The number of nitrogens with one attached hydrogen (secondary N) is 1. The number of carbonyl (C=O) groups is 1. The van der Waals surface area contributed by atoms with E-state index in [4.69, 9.17) is 4.74 Å². The fourth-order valence-electron chi connectivity index (χ4n) is 3.66. The molecule has 2 fully saturated rings. The van der Waals surface area contributed by atoms with Gasteiger partial charge in [0.1, 0.15) is 17.8 Å². The minimum atomic E-state index is -0.0649. The Hall–Kier alpha value is -2.22. The Kier molecular flexibility index (Phi) is 4.52. The van der Waals surface area contributed by atoms with E-state index in [1.54, 1.807) is 17.2 Å². The first-order chi connectivity index (χ1) is 12.2. The minimum absolute atomic E-state index is 0.0105. The molecular formula is C17H24N6O2. The molecule has 2 aromatic heterocycles. The van der Waals surface area contributed by atoms with Crippen LogP contribution in [0.15, 0.2) is 18.6 Å². The van der Waals surface area contributed by atoms with Crippen molar-refractivity contribution in [1.29, 1.82) is 0 Å². The molecule has 4 rings (SSSR count). The molecule has 1 saturated heterocycles. The van der Waals surface area contributed by atoms with E-state index in [0.717, 1.165) is 18.8 Å². The number of carbonyl (C=O) groups excluding carboxylic acids is 1. The summed E-state index contributed by atoms with van der Waals surface area (Å²) in [6, 6.07) is 1.81. The predicted molar refractivity (Wildman–Crippen MR) is 90.0 cm³/mol. The maximum Gasteiger partial charge on any atom is 0.271 e. The lowest BCUT2D eigenvalue weighted by Crippen LogP contribution is -2.37. The number of hydrogen-bond donors (Lipinski definition) is 1. The van der Waals surface area contributed by atoms with Gasteiger partial charge in [-0.1, -0.05) is 6.42 Å². The molecule has 8 heteroatoms. The van der Waals surface area contributed by atoms with Gasteiger partial charge < -0.3 is 9.64 Å². The van der Waals surface area contributed by atoms with Crippen molar-refractivity contribution in [3.63, 3.8) is 0 Å². The van der Waals surface area contributed by atoms with E-state index in [9.17, 15) is 4.79 Å². The first-order valence-corrected chi connectivity index (χ1v) is 8.96. The highest BCUT2D eigenvalue weighted by Crippen LogP contribution is 2.30. The highest BCUT2D eigenvalue weighted by atomic mass is 16.5. The molecule has 0 bridgehead atoms. The first-order valence-electron chi connectivity index (χ1n) is 8.96. The second-order valence-electron chi connectivity index (χ2n) is 7.06. The Morgan fingerprint density at radius 1 is 1.44 bits per heavy atom. The third-order valence-electron chi connectivity index (χ3n) is 5.39. The molecule has 1 amide bonds. The molecule has 1 N–H and O–H groups in total. The first kappa shape index (κ1) is 16.3. The highest BCUT2D eigenvalue weighted by Gasteiger charge is 2.34. The highest BCUT2D eigenvalue weighted by molar-refractivity contribution is 5.92. The zero-order valence-corrected chi connectivity index (χ0v) is 14.5. The summed E-state index contributed by atoms with van der Waals surface area (Å²) < 4.78 is 7.70. The minimum Gasteiger partial charge on any atom is -0.376 e. The molecule has 0 radical (unpaired) electrons. The van der Waals surface area contributed by atoms with Crippen molar-refractivity contribution >= 4 is 5.91 Å². The smallest absolute Gasteiger partial charge is 0.271 e. The molecule has 8 nitrogen and oxygen atoms in total. The van der Waals surface area contributed by atoms with Gasteiger partial charge in [-0.3, -0.25) is 14.6 Å². The van der Waals surface area contributed by atoms with E-state index in [-0.39, 0.29) is 17.9 Å². The maximum absolute atomic E-state index is 12.9. The zero-order chi connectivity index (χ0) is 17.2. The van der Waals surface area contributed by atoms with Gasteiger partial charge in [-0.15, -0.1) is 0 Å². The van der Waals surface area contributed by atoms with Gasteiger partial charge in [-0.2, -0.15) is 10.2 Å². The topological polar surface area (TPSA) is 88.9 Å². The van der Waals surface area contributed by atoms with Crippen LogP contribution in [0.3, 0.4) is 0 Å². The molecule has 1 aliphatic carbocycles. The standard InChI is InChI=1S/C17H24N6O2/c1-22(10-15-13(6-8-25-15)16-18-11-19-21-16)17(24)14-5-7-20-23(14)9-12-3-2-4-12/h5,7,11-13,15H,2-4,6,8-10H2,1H3,(H,18,19,21)/t13-,15-/m1/s1. The average molecular weight is 344 g/mol. The lowest BCUT2D eigenvalue weighted by atomic mass is 9.85. The van der Waals surface area contributed by atoms with Gasteiger partial charge in [-0.25, -0.2) is 4.98 Å². The number of rotatable bonds is 6. The summed E-state index contributed by atoms with van der Waals surface area (Å²) in [5.74, 6) is 1.63. The molecular weight excluding hydrogens is 320 g/mol. The summed E-state index contributed by atoms with van der Waals surface area (Å²) in [5.41, 5.74) is 0.656. The van der Waals surface area contributed by atoms with Crippen molar-refractivity contribution in [2.24, 2.45) is 5.92 Å². The van der Waals surface area contributed by atoms with E-state index in [1.807, 2.05) is 11.7 Å². The second-order valence-corrected chi connectivity index (χ2v) is 7.06. The Morgan fingerprint density at radius 3 is 3.04 bits per heavy atom. The largest absolute Gasteiger partial charge is 0.376 e. The fraction of sp³-hybridized carbons (Fsp3) is 0.647. The van der Waals surface area contributed by atoms with Crippen LogP contribution in [0, 0.1) is 5.92 Å². The normalized spacial score (nSPS) is 23.6. The summed E-state index contributed by atoms with van der Waals surface area (Å²) in [4.78, 5) is 18.8. The number of aromatic nitrogens is 5. The van der Waals surface area contributed by atoms with E-state index < -0.39 is 0 Å². The number of ether oxygens (including phenoxy) is 1. The van der Waals surface area contributed by atoms with Crippen LogP contribution in [0.25, 0.3) is 0 Å². The Morgan fingerprint density at radius 2 is 2.32 bits per heavy atom. The van der Waals surface area contributed by atoms with Gasteiger partial charge >= 0.3 is 0 Å². The molecule has 3 heterocycles. The van der Waals surface area contributed by atoms with Crippen LogP contribution in [0.2, 0.25) is 0 Å². The molecule has 2 atom stereocenters. The molecule has 0 unspecified atom stereocenters. The molecule has 2 aromatic rings. The lowest BCUT2D eigenvalue weighted by Gasteiger charge is -2.27. The van der Waals surface area contributed by atoms with Gasteiger partial charge in [0.25, 0.3) is 5.91 Å². The maximum atomic E-state index is 12.9. The van der Waals surface area contributed by atoms with E-state index in [0.29, 0.717) is 24.8 Å². The summed E-state index contributed by atoms with van der Waals surface area (Å²) in [5, 5.41) is 11.2. The van der Waals surface area contributed by atoms with Crippen LogP contribution in [-0.2, 0) is 11.3 Å². The van der Waals surface area contributed by atoms with Gasteiger partial charge in [0.05, 0.1) is 6.10 Å². The number of amides is 1. The van der Waals surface area contributed by atoms with Crippen LogP contribution < -0.4 is 0 Å². The van der Waals surface area contributed by atoms with E-state index in [1.165, 1.54) is 25.6 Å². The van der Waals surface area contributed by atoms with Crippen LogP contribution in [0.4, 0.5) is 0 Å². The fourth-order valence-corrected chi connectivity index (χ4v) is 3.66. The molecule has 134 valence electrons. The number of nitrogens with zero attached hydrogens (tertiary/aromatic N) is 5. The van der Waals surface area contributed by atoms with Crippen molar-refractivity contribution < 1.29 is 9.53 Å². The Balaban J connectivity index is 1.41. The number of likely N-dealkylation sites (N-methyl/N-ethyl adjacent to an activating group) is 1. The predicted octanol–water partition coefficient (Wildman–Crippen LogP) is 1.45. The SMILES string of the molecule is CN(C[C@H]1OCC[C@H]1c1ncn[nH]1)C(=O)c1ccnn1CC1CCC1. The summed E-state index contributed by atoms with van der Waals surface area (Å²) in [7, 11) is 1.82. The molecule has 25 heavy (non-hydrogen) atoms. The van der Waals surface area contributed by atoms with Crippen LogP contribution in [0.5, 0.6) is 0 Å². The van der Waals surface area contributed by atoms with Gasteiger partial charge in [0.15, 0.2) is 0 Å². The zero-order valence-electron chi connectivity index (χ0n) is 14.5. The third kappa shape index (κ3) is 3.30. The lowest BCUT2D eigenvalue weighted by molar-refractivity contribution is 0.0539. The van der Waals surface area contributed by atoms with Crippen molar-refractivity contribution in [3.8, 4) is 0 Å². The number of hydrogen-bond acceptors (Lipinski definition) is 5. The summed E-state index contributed by atoms with van der Waals surface area (Å²) in [6.07, 6.45) is 7.81. The van der Waals surface area contributed by atoms with E-state index in [2.05, 4.69) is 20.3 Å². The Labute approximate surface area is 146 Å². The molecule has 1 saturated carbocycles. The molecule has 2 aliphatic rings. The molecule has 1 aliphatic heterocycles. The van der Waals surface area contributed by atoms with Crippen molar-refractivity contribution in [3.05, 3.63) is 30.1 Å². The number of aromatic amines is 1. The monoisotopic (exact) mass is 344 g/mol. The van der Waals surface area contributed by atoms with Crippen LogP contribution in [-0.4, -0.2) is 62.1 Å². The van der Waals surface area contributed by atoms with Crippen LogP contribution in [0.1, 0.15) is 47.9 Å². The number of H-pyrrole nitrogens is 1. The third-order valence-corrected chi connectivity index (χ3v) is 5.39. The van der Waals surface area contributed by atoms with Crippen molar-refractivity contribution in [1.82, 2.24) is 29.9 Å².